The molecule has 3 aliphatic rings. The van der Waals surface area contributed by atoms with Gasteiger partial charge in [0.05, 0.1) is 24.6 Å². The summed E-state index contributed by atoms with van der Waals surface area (Å²) in [5, 5.41) is 9.41. The molecule has 0 spiro atoms. The molecular weight excluding hydrogens is 464 g/mol. The van der Waals surface area contributed by atoms with Crippen LogP contribution < -0.4 is 5.73 Å². The number of carbonyl (C=O) groups excluding carboxylic acids is 2. The molecule has 2 amide bonds. The lowest BCUT2D eigenvalue weighted by Gasteiger charge is -2.40. The van der Waals surface area contributed by atoms with Crippen molar-refractivity contribution in [1.29, 1.82) is 5.26 Å². The molecule has 0 radical (unpaired) electrons. The van der Waals surface area contributed by atoms with Crippen LogP contribution in [0.4, 0.5) is 8.78 Å². The molecule has 2 N–H and O–H groups in total. The number of rotatable bonds is 6. The van der Waals surface area contributed by atoms with E-state index in [1.54, 1.807) is 34.1 Å². The molecule has 2 aromatic carbocycles. The molecule has 2 heterocycles. The molecule has 5 rings (SSSR count). The minimum Gasteiger partial charge on any atom is -0.340 e. The number of piperazine rings is 1. The zero-order valence-corrected chi connectivity index (χ0v) is 19.9. The smallest absolute Gasteiger partial charge is 0.241 e. The fourth-order valence-electron chi connectivity index (χ4n) is 5.61. The maximum absolute atomic E-state index is 13.6. The minimum absolute atomic E-state index is 0.0951. The van der Waals surface area contributed by atoms with Crippen molar-refractivity contribution in [3.05, 3.63) is 71.3 Å². The molecule has 3 fully saturated rings. The summed E-state index contributed by atoms with van der Waals surface area (Å²) in [7, 11) is 0. The summed E-state index contributed by atoms with van der Waals surface area (Å²) in [5.74, 6) is -0.522. The quantitative estimate of drug-likeness (QED) is 0.667. The van der Waals surface area contributed by atoms with Crippen LogP contribution in [0, 0.1) is 34.8 Å². The van der Waals surface area contributed by atoms with E-state index in [0.29, 0.717) is 38.6 Å². The second-order valence-corrected chi connectivity index (χ2v) is 9.96. The van der Waals surface area contributed by atoms with Gasteiger partial charge in [0, 0.05) is 32.7 Å². The van der Waals surface area contributed by atoms with Crippen molar-refractivity contribution in [3.63, 3.8) is 0 Å². The highest BCUT2D eigenvalue weighted by atomic mass is 19.1. The van der Waals surface area contributed by atoms with Crippen molar-refractivity contribution in [3.8, 4) is 6.07 Å². The number of hydrogen-bond donors (Lipinski definition) is 1. The van der Waals surface area contributed by atoms with Gasteiger partial charge in [-0.3, -0.25) is 14.5 Å². The van der Waals surface area contributed by atoms with E-state index in [1.165, 1.54) is 24.3 Å². The molecule has 0 aromatic heterocycles. The van der Waals surface area contributed by atoms with Gasteiger partial charge in [0.15, 0.2) is 0 Å². The zero-order valence-electron chi connectivity index (χ0n) is 19.9. The molecule has 7 nitrogen and oxygen atoms in total. The van der Waals surface area contributed by atoms with Gasteiger partial charge in [-0.1, -0.05) is 24.3 Å². The van der Waals surface area contributed by atoms with Crippen LogP contribution in [-0.4, -0.2) is 71.3 Å². The van der Waals surface area contributed by atoms with Gasteiger partial charge in [-0.25, -0.2) is 8.78 Å². The number of nitriles is 1. The van der Waals surface area contributed by atoms with Crippen LogP contribution in [0.3, 0.4) is 0 Å². The Morgan fingerprint density at radius 2 is 1.53 bits per heavy atom. The first-order chi connectivity index (χ1) is 17.4. The van der Waals surface area contributed by atoms with Crippen molar-refractivity contribution in [2.24, 2.45) is 17.6 Å². The van der Waals surface area contributed by atoms with Crippen LogP contribution in [0.5, 0.6) is 0 Å². The molecule has 1 saturated carbocycles. The molecule has 0 unspecified atom stereocenters. The standard InChI is InChI=1S/C27H29F2N5O2/c28-20-5-1-17(2-6-20)26(18-3-7-21(29)8-4-18)33-11-9-32(10-12-33)25(35)14-23(31)27(36)34-16-19-13-22(19)24(34)15-30/h1-8,19,22-24,26H,9-14,16,31H2/t19-,22-,23+,24-/m1/s1. The topological polar surface area (TPSA) is 93.7 Å². The summed E-state index contributed by atoms with van der Waals surface area (Å²) in [6, 6.07) is 13.1. The van der Waals surface area contributed by atoms with Crippen LogP contribution in [0.25, 0.3) is 0 Å². The van der Waals surface area contributed by atoms with Crippen molar-refractivity contribution in [1.82, 2.24) is 14.7 Å². The summed E-state index contributed by atoms with van der Waals surface area (Å²) in [5.41, 5.74) is 7.88. The molecular formula is C27H29F2N5O2. The molecule has 36 heavy (non-hydrogen) atoms. The molecule has 2 aromatic rings. The van der Waals surface area contributed by atoms with Gasteiger partial charge >= 0.3 is 0 Å². The Labute approximate surface area is 209 Å². The number of hydrogen-bond acceptors (Lipinski definition) is 5. The van der Waals surface area contributed by atoms with Crippen molar-refractivity contribution < 1.29 is 18.4 Å². The van der Waals surface area contributed by atoms with Gasteiger partial charge in [-0.15, -0.1) is 0 Å². The predicted octanol–water partition coefficient (Wildman–Crippen LogP) is 2.29. The van der Waals surface area contributed by atoms with E-state index < -0.39 is 12.1 Å². The number of piperidine rings is 1. The molecule has 188 valence electrons. The number of benzene rings is 2. The molecule has 1 aliphatic carbocycles. The number of halogens is 2. The van der Waals surface area contributed by atoms with Gasteiger partial charge in [-0.2, -0.15) is 5.26 Å². The van der Waals surface area contributed by atoms with E-state index in [1.807, 2.05) is 0 Å². The van der Waals surface area contributed by atoms with E-state index in [4.69, 9.17) is 5.73 Å². The third-order valence-electron chi connectivity index (χ3n) is 7.68. The average Bonchev–Trinajstić information content (AvgIpc) is 3.56. The molecule has 4 atom stereocenters. The lowest BCUT2D eigenvalue weighted by atomic mass is 9.96. The number of amides is 2. The fraction of sp³-hybridized carbons (Fsp3) is 0.444. The van der Waals surface area contributed by atoms with Crippen LogP contribution in [-0.2, 0) is 9.59 Å². The molecule has 2 saturated heterocycles. The number of carbonyl (C=O) groups is 2. The Hall–Kier alpha value is -3.35. The summed E-state index contributed by atoms with van der Waals surface area (Å²) < 4.78 is 27.1. The monoisotopic (exact) mass is 493 g/mol. The van der Waals surface area contributed by atoms with Gasteiger partial charge in [-0.05, 0) is 53.6 Å². The number of nitrogens with two attached hydrogens (primary N) is 1. The maximum atomic E-state index is 13.6. The Bertz CT molecular complexity index is 1110. The first-order valence-electron chi connectivity index (χ1n) is 12.3. The Kier molecular flexibility index (Phi) is 6.73. The van der Waals surface area contributed by atoms with Crippen LogP contribution in [0.15, 0.2) is 48.5 Å². The predicted molar refractivity (Wildman–Crippen MR) is 128 cm³/mol. The summed E-state index contributed by atoms with van der Waals surface area (Å²) in [6.45, 7) is 2.57. The number of nitrogens with zero attached hydrogens (tertiary/aromatic N) is 4. The highest BCUT2D eigenvalue weighted by molar-refractivity contribution is 5.89. The number of likely N-dealkylation sites (tertiary alicyclic amines) is 1. The van der Waals surface area contributed by atoms with Gasteiger partial charge in [0.25, 0.3) is 0 Å². The SMILES string of the molecule is N#C[C@@H]1[C@@H]2C[C@@H]2CN1C(=O)[C@@H](N)CC(=O)N1CCN(C(c2ccc(F)cc2)c2ccc(F)cc2)CC1. The Morgan fingerprint density at radius 1 is 0.972 bits per heavy atom. The van der Waals surface area contributed by atoms with Gasteiger partial charge in [0.1, 0.15) is 17.7 Å². The third-order valence-corrected chi connectivity index (χ3v) is 7.68. The zero-order chi connectivity index (χ0) is 25.4. The summed E-state index contributed by atoms with van der Waals surface area (Å²) >= 11 is 0. The van der Waals surface area contributed by atoms with Gasteiger partial charge < -0.3 is 15.5 Å². The summed E-state index contributed by atoms with van der Waals surface area (Å²) in [6.07, 6.45) is 0.888. The third kappa shape index (κ3) is 4.84. The van der Waals surface area contributed by atoms with E-state index in [0.717, 1.165) is 17.5 Å². The van der Waals surface area contributed by atoms with Crippen LogP contribution in [0.2, 0.25) is 0 Å². The highest BCUT2D eigenvalue weighted by Crippen LogP contribution is 2.49. The van der Waals surface area contributed by atoms with E-state index in [9.17, 15) is 23.6 Å². The van der Waals surface area contributed by atoms with E-state index in [-0.39, 0.29) is 41.8 Å². The average molecular weight is 494 g/mol. The Balaban J connectivity index is 1.21. The van der Waals surface area contributed by atoms with Crippen molar-refractivity contribution in [2.75, 3.05) is 32.7 Å². The Morgan fingerprint density at radius 3 is 2.06 bits per heavy atom. The van der Waals surface area contributed by atoms with Crippen molar-refractivity contribution in [2.45, 2.75) is 31.0 Å². The van der Waals surface area contributed by atoms with E-state index >= 15 is 0 Å². The minimum atomic E-state index is -0.963. The van der Waals surface area contributed by atoms with Gasteiger partial charge in [0.2, 0.25) is 11.8 Å². The largest absolute Gasteiger partial charge is 0.340 e. The molecule has 0 bridgehead atoms. The normalized spacial score (nSPS) is 24.4. The second kappa shape index (κ2) is 9.96. The second-order valence-electron chi connectivity index (χ2n) is 9.96. The lowest BCUT2D eigenvalue weighted by molar-refractivity contribution is -0.139. The maximum Gasteiger partial charge on any atom is 0.241 e. The van der Waals surface area contributed by atoms with E-state index in [2.05, 4.69) is 11.0 Å². The van der Waals surface area contributed by atoms with Crippen LogP contribution >= 0.6 is 0 Å². The fourth-order valence-corrected chi connectivity index (χ4v) is 5.61. The van der Waals surface area contributed by atoms with Crippen molar-refractivity contribution >= 4 is 11.8 Å². The van der Waals surface area contributed by atoms with Crippen LogP contribution in [0.1, 0.15) is 30.0 Å². The lowest BCUT2D eigenvalue weighted by Crippen LogP contribution is -2.53. The summed E-state index contributed by atoms with van der Waals surface area (Å²) in [4.78, 5) is 31.2. The highest BCUT2D eigenvalue weighted by Gasteiger charge is 2.54. The molecule has 9 heteroatoms. The first kappa shape index (κ1) is 24.3. The first-order valence-corrected chi connectivity index (χ1v) is 12.3. The number of fused-ring (bicyclic) bond motifs is 1. The molecule has 2 aliphatic heterocycles.